The van der Waals surface area contributed by atoms with Gasteiger partial charge in [0.1, 0.15) is 5.01 Å². The predicted octanol–water partition coefficient (Wildman–Crippen LogP) is 1.47. The highest BCUT2D eigenvalue weighted by molar-refractivity contribution is 9.11. The van der Waals surface area contributed by atoms with Gasteiger partial charge in [-0.05, 0) is 15.9 Å². The summed E-state index contributed by atoms with van der Waals surface area (Å²) in [6.45, 7) is 0. The maximum atomic E-state index is 10.9. The van der Waals surface area contributed by atoms with E-state index in [4.69, 9.17) is 5.73 Å². The molecule has 1 heterocycles. The molecule has 0 saturated carbocycles. The van der Waals surface area contributed by atoms with Gasteiger partial charge in [0.15, 0.2) is 0 Å². The maximum absolute atomic E-state index is 10.9. The van der Waals surface area contributed by atoms with Gasteiger partial charge in [0.2, 0.25) is 0 Å². The summed E-state index contributed by atoms with van der Waals surface area (Å²) in [6.07, 6.45) is 1.83. The lowest BCUT2D eigenvalue weighted by Crippen LogP contribution is -2.15. The molecule has 1 aromatic heterocycles. The first-order chi connectivity index (χ1) is 6.13. The first-order valence-corrected chi connectivity index (χ1v) is 5.18. The quantitative estimate of drug-likeness (QED) is 0.840. The maximum Gasteiger partial charge on any atom is 0.307 e. The standard InChI is InChI=1S/C7H9BrN2O2S/c1-12-6(11)2-4(9)7-10-3-5(8)13-7/h3-4H,2,9H2,1H3/t4-/m0/s1. The van der Waals surface area contributed by atoms with Crippen molar-refractivity contribution >= 4 is 33.2 Å². The van der Waals surface area contributed by atoms with E-state index in [0.29, 0.717) is 0 Å². The zero-order valence-electron chi connectivity index (χ0n) is 6.99. The Morgan fingerprint density at radius 1 is 1.92 bits per heavy atom. The van der Waals surface area contributed by atoms with Crippen LogP contribution in [0.1, 0.15) is 17.5 Å². The van der Waals surface area contributed by atoms with Crippen molar-refractivity contribution in [3.8, 4) is 0 Å². The van der Waals surface area contributed by atoms with Crippen molar-refractivity contribution in [3.05, 3.63) is 15.0 Å². The van der Waals surface area contributed by atoms with Gasteiger partial charge < -0.3 is 10.5 Å². The fraction of sp³-hybridized carbons (Fsp3) is 0.429. The fourth-order valence-corrected chi connectivity index (χ4v) is 2.03. The van der Waals surface area contributed by atoms with E-state index in [9.17, 15) is 4.79 Å². The molecule has 0 aliphatic carbocycles. The number of carbonyl (C=O) groups is 1. The monoisotopic (exact) mass is 264 g/mol. The van der Waals surface area contributed by atoms with Gasteiger partial charge in [0.05, 0.1) is 29.6 Å². The molecule has 72 valence electrons. The van der Waals surface area contributed by atoms with E-state index >= 15 is 0 Å². The Balaban J connectivity index is 2.58. The summed E-state index contributed by atoms with van der Waals surface area (Å²) in [7, 11) is 1.34. The molecule has 0 radical (unpaired) electrons. The number of halogens is 1. The van der Waals surface area contributed by atoms with E-state index in [-0.39, 0.29) is 18.4 Å². The molecule has 0 bridgehead atoms. The van der Waals surface area contributed by atoms with Gasteiger partial charge in [-0.1, -0.05) is 0 Å². The van der Waals surface area contributed by atoms with Crippen LogP contribution in [0, 0.1) is 0 Å². The van der Waals surface area contributed by atoms with E-state index in [1.165, 1.54) is 18.4 Å². The highest BCUT2D eigenvalue weighted by Crippen LogP contribution is 2.24. The van der Waals surface area contributed by atoms with Crippen LogP contribution in [0.25, 0.3) is 0 Å². The Kier molecular flexibility index (Phi) is 3.83. The zero-order chi connectivity index (χ0) is 9.84. The molecule has 0 spiro atoms. The molecule has 1 rings (SSSR count). The van der Waals surface area contributed by atoms with Crippen LogP contribution in [0.2, 0.25) is 0 Å². The van der Waals surface area contributed by atoms with Crippen LogP contribution in [0.5, 0.6) is 0 Å². The third-order valence-corrected chi connectivity index (χ3v) is 3.03. The number of nitrogens with zero attached hydrogens (tertiary/aromatic N) is 1. The topological polar surface area (TPSA) is 65.2 Å². The number of esters is 1. The number of hydrogen-bond donors (Lipinski definition) is 1. The van der Waals surface area contributed by atoms with Crippen LogP contribution in [-0.4, -0.2) is 18.1 Å². The minimum atomic E-state index is -0.372. The second kappa shape index (κ2) is 4.69. The van der Waals surface area contributed by atoms with Crippen molar-refractivity contribution in [2.24, 2.45) is 5.73 Å². The van der Waals surface area contributed by atoms with E-state index in [1.54, 1.807) is 6.20 Å². The normalized spacial score (nSPS) is 12.5. The molecule has 4 nitrogen and oxygen atoms in total. The van der Waals surface area contributed by atoms with Crippen LogP contribution in [0.15, 0.2) is 9.98 Å². The van der Waals surface area contributed by atoms with Crippen molar-refractivity contribution in [3.63, 3.8) is 0 Å². The minimum Gasteiger partial charge on any atom is -0.469 e. The van der Waals surface area contributed by atoms with Crippen LogP contribution in [-0.2, 0) is 9.53 Å². The van der Waals surface area contributed by atoms with E-state index in [1.807, 2.05) is 0 Å². The number of thiazole rings is 1. The lowest BCUT2D eigenvalue weighted by atomic mass is 10.2. The largest absolute Gasteiger partial charge is 0.469 e. The van der Waals surface area contributed by atoms with Gasteiger partial charge in [0, 0.05) is 0 Å². The smallest absolute Gasteiger partial charge is 0.307 e. The van der Waals surface area contributed by atoms with Crippen molar-refractivity contribution in [2.75, 3.05) is 7.11 Å². The van der Waals surface area contributed by atoms with Crippen molar-refractivity contribution in [2.45, 2.75) is 12.5 Å². The first kappa shape index (κ1) is 10.6. The molecule has 1 aromatic rings. The van der Waals surface area contributed by atoms with E-state index in [2.05, 4.69) is 25.7 Å². The highest BCUT2D eigenvalue weighted by atomic mass is 79.9. The molecule has 0 fully saturated rings. The molecular weight excluding hydrogens is 256 g/mol. The Hall–Kier alpha value is -0.460. The molecule has 0 aliphatic rings. The number of rotatable bonds is 3. The lowest BCUT2D eigenvalue weighted by molar-refractivity contribution is -0.141. The summed E-state index contributed by atoms with van der Waals surface area (Å²) in [5.41, 5.74) is 5.71. The van der Waals surface area contributed by atoms with Crippen LogP contribution < -0.4 is 5.73 Å². The molecule has 0 amide bonds. The number of hydrogen-bond acceptors (Lipinski definition) is 5. The summed E-state index contributed by atoms with van der Waals surface area (Å²) in [5.74, 6) is -0.321. The van der Waals surface area contributed by atoms with Gasteiger partial charge in [-0.25, -0.2) is 4.98 Å². The number of ether oxygens (including phenoxy) is 1. The second-order valence-corrected chi connectivity index (χ2v) is 4.83. The van der Waals surface area contributed by atoms with Crippen LogP contribution >= 0.6 is 27.3 Å². The Labute approximate surface area is 88.2 Å². The molecule has 0 aromatic carbocycles. The molecule has 0 unspecified atom stereocenters. The summed E-state index contributed by atoms with van der Waals surface area (Å²) in [6, 6.07) is -0.372. The van der Waals surface area contributed by atoms with Crippen molar-refractivity contribution < 1.29 is 9.53 Å². The summed E-state index contributed by atoms with van der Waals surface area (Å²) in [4.78, 5) is 14.9. The van der Waals surface area contributed by atoms with Crippen LogP contribution in [0.4, 0.5) is 0 Å². The molecule has 13 heavy (non-hydrogen) atoms. The summed E-state index contributed by atoms with van der Waals surface area (Å²) >= 11 is 4.69. The lowest BCUT2D eigenvalue weighted by Gasteiger charge is -2.05. The Morgan fingerprint density at radius 3 is 3.08 bits per heavy atom. The zero-order valence-corrected chi connectivity index (χ0v) is 9.39. The highest BCUT2D eigenvalue weighted by Gasteiger charge is 2.14. The third-order valence-electron chi connectivity index (χ3n) is 1.43. The number of aromatic nitrogens is 1. The van der Waals surface area contributed by atoms with Gasteiger partial charge in [-0.15, -0.1) is 11.3 Å². The number of methoxy groups -OCH3 is 1. The summed E-state index contributed by atoms with van der Waals surface area (Å²) < 4.78 is 5.40. The average Bonchev–Trinajstić information content (AvgIpc) is 2.51. The van der Waals surface area contributed by atoms with Crippen LogP contribution in [0.3, 0.4) is 0 Å². The van der Waals surface area contributed by atoms with Crippen molar-refractivity contribution in [1.29, 1.82) is 0 Å². The molecule has 2 N–H and O–H groups in total. The molecule has 0 aliphatic heterocycles. The molecule has 1 atom stereocenters. The molecular formula is C7H9BrN2O2S. The van der Waals surface area contributed by atoms with Gasteiger partial charge >= 0.3 is 5.97 Å². The first-order valence-electron chi connectivity index (χ1n) is 3.57. The molecule has 0 saturated heterocycles. The van der Waals surface area contributed by atoms with Gasteiger partial charge in [-0.2, -0.15) is 0 Å². The Bertz CT molecular complexity index is 302. The number of nitrogens with two attached hydrogens (primary N) is 1. The Morgan fingerprint density at radius 2 is 2.62 bits per heavy atom. The molecule has 6 heteroatoms. The second-order valence-electron chi connectivity index (χ2n) is 2.39. The fourth-order valence-electron chi connectivity index (χ4n) is 0.789. The predicted molar refractivity (Wildman–Crippen MR) is 53.4 cm³/mol. The van der Waals surface area contributed by atoms with Gasteiger partial charge in [0.25, 0.3) is 0 Å². The summed E-state index contributed by atoms with van der Waals surface area (Å²) in [5, 5.41) is 0.734. The van der Waals surface area contributed by atoms with Crippen molar-refractivity contribution in [1.82, 2.24) is 4.98 Å². The number of carbonyl (C=O) groups excluding carboxylic acids is 1. The SMILES string of the molecule is COC(=O)C[C@H](N)c1ncc(Br)s1. The minimum absolute atomic E-state index is 0.163. The van der Waals surface area contributed by atoms with Gasteiger partial charge in [-0.3, -0.25) is 4.79 Å². The average molecular weight is 265 g/mol. The van der Waals surface area contributed by atoms with E-state index < -0.39 is 0 Å². The van der Waals surface area contributed by atoms with E-state index in [0.717, 1.165) is 8.79 Å². The third kappa shape index (κ3) is 3.06.